The summed E-state index contributed by atoms with van der Waals surface area (Å²) in [6.07, 6.45) is 0. The zero-order valence-corrected chi connectivity index (χ0v) is 11.9. The molecule has 0 spiro atoms. The molecule has 20 heavy (non-hydrogen) atoms. The van der Waals surface area contributed by atoms with Gasteiger partial charge in [-0.25, -0.2) is 0 Å². The molecule has 0 heterocycles. The number of nitrogens with zero attached hydrogens (tertiary/aromatic N) is 1. The molecule has 102 valence electrons. The molecule has 0 unspecified atom stereocenters. The van der Waals surface area contributed by atoms with Crippen LogP contribution >= 0.6 is 15.9 Å². The number of non-ortho nitro benzene ring substituents is 1. The molecule has 0 saturated carbocycles. The summed E-state index contributed by atoms with van der Waals surface area (Å²) in [7, 11) is 0. The first-order valence-electron chi connectivity index (χ1n) is 5.73. The Morgan fingerprint density at radius 1 is 1.20 bits per heavy atom. The third-order valence-electron chi connectivity index (χ3n) is 2.57. The van der Waals surface area contributed by atoms with E-state index >= 15 is 0 Å². The maximum atomic E-state index is 11.9. The zero-order valence-electron chi connectivity index (χ0n) is 10.3. The number of rotatable bonds is 5. The van der Waals surface area contributed by atoms with Gasteiger partial charge < -0.3 is 4.74 Å². The van der Waals surface area contributed by atoms with Crippen LogP contribution in [0.3, 0.4) is 0 Å². The van der Waals surface area contributed by atoms with Crippen LogP contribution in [0.25, 0.3) is 0 Å². The molecule has 0 aliphatic carbocycles. The minimum Gasteiger partial charge on any atom is -0.484 e. The molecular formula is C14H10BrNO4. The number of ether oxygens (including phenoxy) is 1. The molecule has 0 atom stereocenters. The lowest BCUT2D eigenvalue weighted by Gasteiger charge is -2.07. The van der Waals surface area contributed by atoms with Crippen LogP contribution in [0.4, 0.5) is 5.69 Å². The highest BCUT2D eigenvalue weighted by molar-refractivity contribution is 9.10. The number of nitro benzene ring substituents is 1. The van der Waals surface area contributed by atoms with Gasteiger partial charge in [-0.05, 0) is 28.1 Å². The Bertz CT molecular complexity index is 657. The van der Waals surface area contributed by atoms with Gasteiger partial charge in [0.1, 0.15) is 5.75 Å². The van der Waals surface area contributed by atoms with Gasteiger partial charge in [-0.2, -0.15) is 0 Å². The summed E-state index contributed by atoms with van der Waals surface area (Å²) in [6.45, 7) is -0.177. The standard InChI is InChI=1S/C14H10BrNO4/c15-12-6-1-2-7-14(12)20-9-13(17)10-4-3-5-11(8-10)16(18)19/h1-8H,9H2. The predicted octanol–water partition coefficient (Wildman–Crippen LogP) is 3.62. The van der Waals surface area contributed by atoms with Crippen molar-refractivity contribution in [2.75, 3.05) is 6.61 Å². The number of nitro groups is 1. The zero-order chi connectivity index (χ0) is 14.5. The van der Waals surface area contributed by atoms with E-state index in [0.29, 0.717) is 5.75 Å². The van der Waals surface area contributed by atoms with Crippen LogP contribution in [0.15, 0.2) is 53.0 Å². The number of hydrogen-bond donors (Lipinski definition) is 0. The largest absolute Gasteiger partial charge is 0.484 e. The summed E-state index contributed by atoms with van der Waals surface area (Å²) in [4.78, 5) is 22.1. The molecule has 0 radical (unpaired) electrons. The first kappa shape index (κ1) is 14.2. The van der Waals surface area contributed by atoms with E-state index < -0.39 is 4.92 Å². The maximum absolute atomic E-state index is 11.9. The SMILES string of the molecule is O=C(COc1ccccc1Br)c1cccc([N+](=O)[O-])c1. The van der Waals surface area contributed by atoms with E-state index in [-0.39, 0.29) is 23.6 Å². The Labute approximate surface area is 123 Å². The van der Waals surface area contributed by atoms with Crippen molar-refractivity contribution >= 4 is 27.4 Å². The highest BCUT2D eigenvalue weighted by atomic mass is 79.9. The van der Waals surface area contributed by atoms with E-state index in [4.69, 9.17) is 4.74 Å². The second kappa shape index (κ2) is 6.29. The number of halogens is 1. The van der Waals surface area contributed by atoms with Crippen molar-refractivity contribution < 1.29 is 14.5 Å². The van der Waals surface area contributed by atoms with Crippen molar-refractivity contribution in [3.63, 3.8) is 0 Å². The lowest BCUT2D eigenvalue weighted by atomic mass is 10.1. The molecule has 0 amide bonds. The smallest absolute Gasteiger partial charge is 0.270 e. The number of benzene rings is 2. The van der Waals surface area contributed by atoms with Crippen LogP contribution in [0, 0.1) is 10.1 Å². The average molecular weight is 336 g/mol. The van der Waals surface area contributed by atoms with Gasteiger partial charge in [-0.3, -0.25) is 14.9 Å². The average Bonchev–Trinajstić information content (AvgIpc) is 2.46. The highest BCUT2D eigenvalue weighted by Gasteiger charge is 2.12. The second-order valence-corrected chi connectivity index (χ2v) is 4.80. The third-order valence-corrected chi connectivity index (χ3v) is 3.23. The van der Waals surface area contributed by atoms with Crippen LogP contribution in [0.1, 0.15) is 10.4 Å². The van der Waals surface area contributed by atoms with Crippen molar-refractivity contribution in [1.29, 1.82) is 0 Å². The summed E-state index contributed by atoms with van der Waals surface area (Å²) in [6, 6.07) is 12.7. The number of ketones is 1. The monoisotopic (exact) mass is 335 g/mol. The van der Waals surface area contributed by atoms with Crippen LogP contribution in [0.2, 0.25) is 0 Å². The van der Waals surface area contributed by atoms with Gasteiger partial charge in [0.25, 0.3) is 5.69 Å². The predicted molar refractivity (Wildman–Crippen MR) is 77.1 cm³/mol. The maximum Gasteiger partial charge on any atom is 0.270 e. The molecule has 0 saturated heterocycles. The number of Topliss-reactive ketones (excluding diaryl/α,β-unsaturated/α-hetero) is 1. The fourth-order valence-corrected chi connectivity index (χ4v) is 1.98. The lowest BCUT2D eigenvalue weighted by molar-refractivity contribution is -0.384. The Morgan fingerprint density at radius 3 is 2.65 bits per heavy atom. The number of hydrogen-bond acceptors (Lipinski definition) is 4. The number of carbonyl (C=O) groups excluding carboxylic acids is 1. The van der Waals surface area contributed by atoms with Crippen molar-refractivity contribution in [3.8, 4) is 5.75 Å². The van der Waals surface area contributed by atoms with Crippen molar-refractivity contribution in [1.82, 2.24) is 0 Å². The van der Waals surface area contributed by atoms with E-state index in [0.717, 1.165) is 4.47 Å². The van der Waals surface area contributed by atoms with Gasteiger partial charge >= 0.3 is 0 Å². The quantitative estimate of drug-likeness (QED) is 0.475. The first-order valence-corrected chi connectivity index (χ1v) is 6.52. The van der Waals surface area contributed by atoms with E-state index in [1.807, 2.05) is 6.07 Å². The van der Waals surface area contributed by atoms with Crippen LogP contribution in [0.5, 0.6) is 5.75 Å². The molecular weight excluding hydrogens is 326 g/mol. The Morgan fingerprint density at radius 2 is 1.95 bits per heavy atom. The van der Waals surface area contributed by atoms with Gasteiger partial charge in [-0.15, -0.1) is 0 Å². The molecule has 0 bridgehead atoms. The Hall–Kier alpha value is -2.21. The minimum absolute atomic E-state index is 0.114. The Kier molecular flexibility index (Phi) is 4.47. The molecule has 0 aliphatic rings. The van der Waals surface area contributed by atoms with Crippen LogP contribution in [-0.4, -0.2) is 17.3 Å². The van der Waals surface area contributed by atoms with Crippen LogP contribution < -0.4 is 4.74 Å². The normalized spacial score (nSPS) is 10.1. The third kappa shape index (κ3) is 3.42. The molecule has 2 aromatic rings. The molecule has 0 aromatic heterocycles. The summed E-state index contributed by atoms with van der Waals surface area (Å²) in [5.41, 5.74) is 0.142. The number of carbonyl (C=O) groups is 1. The van der Waals surface area contributed by atoms with Gasteiger partial charge in [0.15, 0.2) is 12.4 Å². The lowest BCUT2D eigenvalue weighted by Crippen LogP contribution is -2.12. The van der Waals surface area contributed by atoms with E-state index in [9.17, 15) is 14.9 Å². The molecule has 2 rings (SSSR count). The molecule has 0 fully saturated rings. The molecule has 6 heteroatoms. The minimum atomic E-state index is -0.536. The van der Waals surface area contributed by atoms with Gasteiger partial charge in [0.2, 0.25) is 0 Å². The fourth-order valence-electron chi connectivity index (χ4n) is 1.58. The molecule has 2 aromatic carbocycles. The van der Waals surface area contributed by atoms with Gasteiger partial charge in [0.05, 0.1) is 9.40 Å². The van der Waals surface area contributed by atoms with Crippen molar-refractivity contribution in [2.45, 2.75) is 0 Å². The fraction of sp³-hybridized carbons (Fsp3) is 0.0714. The second-order valence-electron chi connectivity index (χ2n) is 3.95. The van der Waals surface area contributed by atoms with Gasteiger partial charge in [-0.1, -0.05) is 24.3 Å². The molecule has 0 N–H and O–H groups in total. The summed E-state index contributed by atoms with van der Waals surface area (Å²) >= 11 is 3.31. The van der Waals surface area contributed by atoms with E-state index in [1.165, 1.54) is 24.3 Å². The molecule has 0 aliphatic heterocycles. The van der Waals surface area contributed by atoms with E-state index in [2.05, 4.69) is 15.9 Å². The first-order chi connectivity index (χ1) is 9.58. The number of para-hydroxylation sites is 1. The van der Waals surface area contributed by atoms with E-state index in [1.54, 1.807) is 18.2 Å². The summed E-state index contributed by atoms with van der Waals surface area (Å²) < 4.78 is 6.13. The summed E-state index contributed by atoms with van der Waals surface area (Å²) in [5, 5.41) is 10.7. The van der Waals surface area contributed by atoms with Gasteiger partial charge in [0, 0.05) is 17.7 Å². The Balaban J connectivity index is 2.07. The highest BCUT2D eigenvalue weighted by Crippen LogP contribution is 2.24. The summed E-state index contributed by atoms with van der Waals surface area (Å²) in [5.74, 6) is 0.232. The topological polar surface area (TPSA) is 69.4 Å². The van der Waals surface area contributed by atoms with Crippen molar-refractivity contribution in [2.24, 2.45) is 0 Å². The van der Waals surface area contributed by atoms with Crippen LogP contribution in [-0.2, 0) is 0 Å². The molecule has 5 nitrogen and oxygen atoms in total. The van der Waals surface area contributed by atoms with Crippen molar-refractivity contribution in [3.05, 3.63) is 68.7 Å².